The molecule has 0 spiro atoms. The molecule has 3 heteroatoms. The fourth-order valence-corrected chi connectivity index (χ4v) is 8.27. The largest absolute Gasteiger partial charge is 0.456 e. The molecule has 0 aliphatic carbocycles. The monoisotopic (exact) mass is 752 g/mol. The number of aromatic nitrogens is 2. The predicted octanol–water partition coefficient (Wildman–Crippen LogP) is 15.2. The molecule has 2 aromatic heterocycles. The van der Waals surface area contributed by atoms with Gasteiger partial charge in [-0.15, -0.1) is 0 Å². The highest BCUT2D eigenvalue weighted by molar-refractivity contribution is 6.06. The molecule has 59 heavy (non-hydrogen) atoms. The van der Waals surface area contributed by atoms with Crippen molar-refractivity contribution in [2.24, 2.45) is 0 Å². The quantitative estimate of drug-likeness (QED) is 0.163. The average molecular weight is 753 g/mol. The van der Waals surface area contributed by atoms with Gasteiger partial charge in [-0.3, -0.25) is 0 Å². The Morgan fingerprint density at radius 1 is 0.271 bits per heavy atom. The molecule has 0 aliphatic rings. The Morgan fingerprint density at radius 2 is 0.814 bits per heavy atom. The first-order valence-electron chi connectivity index (χ1n) is 20.0. The average Bonchev–Trinajstić information content (AvgIpc) is 3.70. The van der Waals surface area contributed by atoms with Crippen molar-refractivity contribution in [1.82, 2.24) is 9.97 Å². The number of fused-ring (bicyclic) bond motifs is 4. The van der Waals surface area contributed by atoms with Gasteiger partial charge in [-0.25, -0.2) is 9.97 Å². The van der Waals surface area contributed by atoms with Crippen molar-refractivity contribution in [3.8, 4) is 78.4 Å². The van der Waals surface area contributed by atoms with Crippen molar-refractivity contribution >= 4 is 32.7 Å². The Hall–Kier alpha value is -7.88. The normalized spacial score (nSPS) is 11.4. The van der Waals surface area contributed by atoms with Crippen LogP contribution in [0, 0.1) is 0 Å². The lowest BCUT2D eigenvalue weighted by molar-refractivity contribution is 0.669. The summed E-state index contributed by atoms with van der Waals surface area (Å²) in [5.41, 5.74) is 15.6. The highest BCUT2D eigenvalue weighted by Gasteiger charge is 2.17. The molecule has 9 aromatic carbocycles. The SMILES string of the molecule is c1ccc(-c2nc(-c3ccc(-c4ccc5ccccc5c4)cc3)cc(-c3cc(-c4ccc5oc6ccccc6c5c4)cc(-c4ccccc4-c4ccccc4)c3)n2)cc1. The standard InChI is InChI=1S/C56H36N2O/c1-3-14-39(15-4-1)48-19-9-10-20-49(48)46-32-45(44-29-30-55-51(35-44)50-21-11-12-22-54(50)59-55)33-47(34-46)53-36-52(57-56(58-53)41-16-5-2-6-17-41)40-26-23-38(24-27-40)43-28-25-37-13-7-8-18-42(37)31-43/h1-36H. The van der Waals surface area contributed by atoms with Crippen LogP contribution in [0.25, 0.3) is 111 Å². The van der Waals surface area contributed by atoms with Gasteiger partial charge >= 0.3 is 0 Å². The number of benzene rings is 9. The van der Waals surface area contributed by atoms with Crippen LogP contribution in [-0.4, -0.2) is 9.97 Å². The van der Waals surface area contributed by atoms with Crippen molar-refractivity contribution in [3.63, 3.8) is 0 Å². The molecule has 11 rings (SSSR count). The number of hydrogen-bond donors (Lipinski definition) is 0. The molecule has 0 bridgehead atoms. The van der Waals surface area contributed by atoms with Crippen molar-refractivity contribution in [2.75, 3.05) is 0 Å². The maximum Gasteiger partial charge on any atom is 0.160 e. The van der Waals surface area contributed by atoms with Crippen LogP contribution in [0.1, 0.15) is 0 Å². The lowest BCUT2D eigenvalue weighted by Gasteiger charge is -2.15. The van der Waals surface area contributed by atoms with Crippen molar-refractivity contribution in [1.29, 1.82) is 0 Å². The molecule has 3 nitrogen and oxygen atoms in total. The van der Waals surface area contributed by atoms with Gasteiger partial charge < -0.3 is 4.42 Å². The summed E-state index contributed by atoms with van der Waals surface area (Å²) in [4.78, 5) is 10.5. The first kappa shape index (κ1) is 34.4. The summed E-state index contributed by atoms with van der Waals surface area (Å²) in [5, 5.41) is 4.67. The van der Waals surface area contributed by atoms with Crippen LogP contribution in [0.3, 0.4) is 0 Å². The third-order valence-corrected chi connectivity index (χ3v) is 11.3. The van der Waals surface area contributed by atoms with E-state index >= 15 is 0 Å². The lowest BCUT2D eigenvalue weighted by atomic mass is 9.90. The van der Waals surface area contributed by atoms with Crippen molar-refractivity contribution < 1.29 is 4.42 Å². The molecule has 0 saturated carbocycles. The fraction of sp³-hybridized carbons (Fsp3) is 0. The van der Waals surface area contributed by atoms with E-state index < -0.39 is 0 Å². The molecule has 0 saturated heterocycles. The number of furan rings is 1. The van der Waals surface area contributed by atoms with E-state index in [1.807, 2.05) is 30.3 Å². The summed E-state index contributed by atoms with van der Waals surface area (Å²) in [6, 6.07) is 77.1. The Morgan fingerprint density at radius 3 is 1.61 bits per heavy atom. The highest BCUT2D eigenvalue weighted by Crippen LogP contribution is 2.40. The van der Waals surface area contributed by atoms with Crippen molar-refractivity contribution in [3.05, 3.63) is 218 Å². The lowest BCUT2D eigenvalue weighted by Crippen LogP contribution is -1.97. The Balaban J connectivity index is 1.09. The summed E-state index contributed by atoms with van der Waals surface area (Å²) in [5.74, 6) is 0.680. The number of para-hydroxylation sites is 1. The minimum atomic E-state index is 0.680. The van der Waals surface area contributed by atoms with E-state index in [1.165, 1.54) is 27.5 Å². The minimum Gasteiger partial charge on any atom is -0.456 e. The molecule has 2 heterocycles. The number of nitrogens with zero attached hydrogens (tertiary/aromatic N) is 2. The van der Waals surface area contributed by atoms with Crippen LogP contribution in [0.5, 0.6) is 0 Å². The van der Waals surface area contributed by atoms with Crippen LogP contribution in [-0.2, 0) is 0 Å². The van der Waals surface area contributed by atoms with Crippen molar-refractivity contribution in [2.45, 2.75) is 0 Å². The van der Waals surface area contributed by atoms with E-state index in [-0.39, 0.29) is 0 Å². The summed E-state index contributed by atoms with van der Waals surface area (Å²) in [6.45, 7) is 0. The fourth-order valence-electron chi connectivity index (χ4n) is 8.27. The molecule has 0 atom stereocenters. The first-order chi connectivity index (χ1) is 29.2. The summed E-state index contributed by atoms with van der Waals surface area (Å²) < 4.78 is 6.24. The summed E-state index contributed by atoms with van der Waals surface area (Å²) in [6.07, 6.45) is 0. The van der Waals surface area contributed by atoms with E-state index in [2.05, 4.69) is 188 Å². The topological polar surface area (TPSA) is 38.9 Å². The Kier molecular flexibility index (Phi) is 8.49. The van der Waals surface area contributed by atoms with Crippen LogP contribution in [0.2, 0.25) is 0 Å². The van der Waals surface area contributed by atoms with Gasteiger partial charge in [0.25, 0.3) is 0 Å². The molecule has 0 fully saturated rings. The summed E-state index contributed by atoms with van der Waals surface area (Å²) >= 11 is 0. The second-order valence-electron chi connectivity index (χ2n) is 15.0. The first-order valence-corrected chi connectivity index (χ1v) is 20.0. The van der Waals surface area contributed by atoms with Gasteiger partial charge in [0.15, 0.2) is 5.82 Å². The van der Waals surface area contributed by atoms with Gasteiger partial charge in [0, 0.05) is 27.5 Å². The molecular formula is C56H36N2O. The van der Waals surface area contributed by atoms with Gasteiger partial charge in [-0.1, -0.05) is 170 Å². The smallest absolute Gasteiger partial charge is 0.160 e. The number of rotatable bonds is 7. The Bertz CT molecular complexity index is 3310. The van der Waals surface area contributed by atoms with Gasteiger partial charge in [-0.2, -0.15) is 0 Å². The Labute approximate surface area is 342 Å². The van der Waals surface area contributed by atoms with Crippen LogP contribution in [0.15, 0.2) is 223 Å². The van der Waals surface area contributed by atoms with Gasteiger partial charge in [0.05, 0.1) is 11.4 Å². The third-order valence-electron chi connectivity index (χ3n) is 11.3. The van der Waals surface area contributed by atoms with Gasteiger partial charge in [-0.05, 0) is 104 Å². The molecular weight excluding hydrogens is 717 g/mol. The van der Waals surface area contributed by atoms with E-state index in [0.29, 0.717) is 5.82 Å². The third kappa shape index (κ3) is 6.55. The van der Waals surface area contributed by atoms with Crippen LogP contribution in [0.4, 0.5) is 0 Å². The van der Waals surface area contributed by atoms with E-state index in [0.717, 1.165) is 77.8 Å². The zero-order valence-electron chi connectivity index (χ0n) is 32.1. The maximum atomic E-state index is 6.24. The molecule has 11 aromatic rings. The molecule has 276 valence electrons. The second-order valence-corrected chi connectivity index (χ2v) is 15.0. The van der Waals surface area contributed by atoms with E-state index in [9.17, 15) is 0 Å². The molecule has 0 radical (unpaired) electrons. The predicted molar refractivity (Wildman–Crippen MR) is 245 cm³/mol. The molecule has 0 amide bonds. The van der Waals surface area contributed by atoms with Crippen LogP contribution < -0.4 is 0 Å². The van der Waals surface area contributed by atoms with Gasteiger partial charge in [0.2, 0.25) is 0 Å². The van der Waals surface area contributed by atoms with Gasteiger partial charge in [0.1, 0.15) is 11.2 Å². The summed E-state index contributed by atoms with van der Waals surface area (Å²) in [7, 11) is 0. The highest BCUT2D eigenvalue weighted by atomic mass is 16.3. The second kappa shape index (κ2) is 14.6. The maximum absolute atomic E-state index is 6.24. The van der Waals surface area contributed by atoms with E-state index in [1.54, 1.807) is 0 Å². The molecule has 0 N–H and O–H groups in total. The molecule has 0 unspecified atom stereocenters. The minimum absolute atomic E-state index is 0.680. The number of hydrogen-bond acceptors (Lipinski definition) is 3. The zero-order valence-corrected chi connectivity index (χ0v) is 32.1. The van der Waals surface area contributed by atoms with Crippen LogP contribution >= 0.6 is 0 Å². The molecule has 0 aliphatic heterocycles. The zero-order chi connectivity index (χ0) is 39.1. The van der Waals surface area contributed by atoms with E-state index in [4.69, 9.17) is 14.4 Å².